The van der Waals surface area contributed by atoms with Crippen LogP contribution in [0.4, 0.5) is 8.78 Å². The molecule has 0 aliphatic rings. The molecule has 0 saturated heterocycles. The predicted molar refractivity (Wildman–Crippen MR) is 60.4 cm³/mol. The SMILES string of the molecule is CCCN=C(NN)c1cc(F)c(Cl)cc1F. The monoisotopic (exact) mass is 247 g/mol. The average Bonchev–Trinajstić information content (AvgIpc) is 2.26. The molecule has 0 spiro atoms. The van der Waals surface area contributed by atoms with Crippen LogP contribution in [0.25, 0.3) is 0 Å². The zero-order valence-electron chi connectivity index (χ0n) is 8.73. The lowest BCUT2D eigenvalue weighted by Crippen LogP contribution is -2.32. The van der Waals surface area contributed by atoms with E-state index in [1.165, 1.54) is 0 Å². The Morgan fingerprint density at radius 1 is 1.44 bits per heavy atom. The number of nitrogens with one attached hydrogen (secondary N) is 1. The summed E-state index contributed by atoms with van der Waals surface area (Å²) in [5, 5.41) is -0.270. The van der Waals surface area contributed by atoms with Gasteiger partial charge in [-0.2, -0.15) is 0 Å². The van der Waals surface area contributed by atoms with Crippen molar-refractivity contribution in [2.75, 3.05) is 6.54 Å². The van der Waals surface area contributed by atoms with Crippen LogP contribution >= 0.6 is 11.6 Å². The third kappa shape index (κ3) is 2.90. The van der Waals surface area contributed by atoms with Crippen molar-refractivity contribution in [3.63, 3.8) is 0 Å². The average molecular weight is 248 g/mol. The molecule has 1 aromatic rings. The van der Waals surface area contributed by atoms with Crippen LogP contribution in [0, 0.1) is 11.6 Å². The molecule has 1 aromatic carbocycles. The maximum atomic E-state index is 13.5. The summed E-state index contributed by atoms with van der Waals surface area (Å²) in [4.78, 5) is 3.99. The van der Waals surface area contributed by atoms with Gasteiger partial charge in [0.05, 0.1) is 10.6 Å². The summed E-state index contributed by atoms with van der Waals surface area (Å²) in [6.45, 7) is 2.39. The number of rotatable bonds is 3. The van der Waals surface area contributed by atoms with Crippen LogP contribution in [0.3, 0.4) is 0 Å². The lowest BCUT2D eigenvalue weighted by molar-refractivity contribution is 0.597. The first kappa shape index (κ1) is 12.9. The summed E-state index contributed by atoms with van der Waals surface area (Å²) >= 11 is 5.43. The minimum absolute atomic E-state index is 0.0298. The van der Waals surface area contributed by atoms with Crippen LogP contribution in [0.2, 0.25) is 5.02 Å². The lowest BCUT2D eigenvalue weighted by atomic mass is 10.2. The number of nitrogens with zero attached hydrogens (tertiary/aromatic N) is 1. The number of aliphatic imine (C=N–C) groups is 1. The van der Waals surface area contributed by atoms with Crippen molar-refractivity contribution >= 4 is 17.4 Å². The van der Waals surface area contributed by atoms with E-state index >= 15 is 0 Å². The highest BCUT2D eigenvalue weighted by Crippen LogP contribution is 2.19. The Hall–Kier alpha value is -1.20. The van der Waals surface area contributed by atoms with Gasteiger partial charge >= 0.3 is 0 Å². The summed E-state index contributed by atoms with van der Waals surface area (Å²) in [5.74, 6) is 3.93. The van der Waals surface area contributed by atoms with Gasteiger partial charge in [0.15, 0.2) is 0 Å². The molecule has 0 aliphatic carbocycles. The van der Waals surface area contributed by atoms with Crippen molar-refractivity contribution in [2.24, 2.45) is 10.8 Å². The number of amidine groups is 1. The molecule has 6 heteroatoms. The van der Waals surface area contributed by atoms with Crippen LogP contribution in [0.5, 0.6) is 0 Å². The van der Waals surface area contributed by atoms with E-state index in [0.717, 1.165) is 18.6 Å². The number of benzene rings is 1. The molecule has 0 fully saturated rings. The molecule has 0 amide bonds. The van der Waals surface area contributed by atoms with Gasteiger partial charge < -0.3 is 5.43 Å². The summed E-state index contributed by atoms with van der Waals surface area (Å²) < 4.78 is 26.6. The highest BCUT2D eigenvalue weighted by molar-refractivity contribution is 6.30. The van der Waals surface area contributed by atoms with Crippen LogP contribution in [0.15, 0.2) is 17.1 Å². The second kappa shape index (κ2) is 5.77. The van der Waals surface area contributed by atoms with Crippen LogP contribution in [0.1, 0.15) is 18.9 Å². The molecule has 3 nitrogen and oxygen atoms in total. The zero-order valence-corrected chi connectivity index (χ0v) is 9.48. The fraction of sp³-hybridized carbons (Fsp3) is 0.300. The van der Waals surface area contributed by atoms with E-state index in [1.54, 1.807) is 0 Å². The number of nitrogens with two attached hydrogens (primary N) is 1. The summed E-state index contributed by atoms with van der Waals surface area (Å²) in [6, 6.07) is 1.86. The standard InChI is InChI=1S/C10H12ClF2N3/c1-2-3-15-10(16-14)6-4-9(13)7(11)5-8(6)12/h4-5H,2-3,14H2,1H3,(H,15,16). The third-order valence-electron chi connectivity index (χ3n) is 1.90. The van der Waals surface area contributed by atoms with Crippen LogP contribution < -0.4 is 11.3 Å². The third-order valence-corrected chi connectivity index (χ3v) is 2.18. The van der Waals surface area contributed by atoms with E-state index in [4.69, 9.17) is 17.4 Å². The van der Waals surface area contributed by atoms with E-state index in [1.807, 2.05) is 6.92 Å². The predicted octanol–water partition coefficient (Wildman–Crippen LogP) is 2.24. The highest BCUT2D eigenvalue weighted by atomic mass is 35.5. The molecule has 0 bridgehead atoms. The first-order valence-corrected chi connectivity index (χ1v) is 5.14. The maximum Gasteiger partial charge on any atom is 0.145 e. The Bertz CT molecular complexity index is 407. The lowest BCUT2D eigenvalue weighted by Gasteiger charge is -2.07. The number of halogens is 3. The molecule has 1 rings (SSSR count). The van der Waals surface area contributed by atoms with Gasteiger partial charge in [-0.05, 0) is 18.6 Å². The number of hydrogen-bond donors (Lipinski definition) is 2. The topological polar surface area (TPSA) is 50.4 Å². The Balaban J connectivity index is 3.15. The summed E-state index contributed by atoms with van der Waals surface area (Å²) in [7, 11) is 0. The van der Waals surface area contributed by atoms with Gasteiger partial charge in [0.1, 0.15) is 17.5 Å². The van der Waals surface area contributed by atoms with E-state index in [0.29, 0.717) is 6.54 Å². The molecule has 0 aromatic heterocycles. The molecular weight excluding hydrogens is 236 g/mol. The normalized spacial score (nSPS) is 11.7. The van der Waals surface area contributed by atoms with Gasteiger partial charge in [0.25, 0.3) is 0 Å². The van der Waals surface area contributed by atoms with E-state index < -0.39 is 11.6 Å². The minimum atomic E-state index is -0.711. The van der Waals surface area contributed by atoms with Crippen LogP contribution in [-0.4, -0.2) is 12.4 Å². The van der Waals surface area contributed by atoms with Gasteiger partial charge in [-0.3, -0.25) is 4.99 Å². The quantitative estimate of drug-likeness (QED) is 0.283. The van der Waals surface area contributed by atoms with Crippen molar-refractivity contribution in [3.05, 3.63) is 34.4 Å². The largest absolute Gasteiger partial charge is 0.308 e. The molecule has 0 atom stereocenters. The van der Waals surface area contributed by atoms with Crippen molar-refractivity contribution in [2.45, 2.75) is 13.3 Å². The first-order valence-electron chi connectivity index (χ1n) is 4.76. The van der Waals surface area contributed by atoms with Crippen molar-refractivity contribution in [1.29, 1.82) is 0 Å². The molecule has 0 aliphatic heterocycles. The highest BCUT2D eigenvalue weighted by Gasteiger charge is 2.12. The van der Waals surface area contributed by atoms with Gasteiger partial charge in [0.2, 0.25) is 0 Å². The van der Waals surface area contributed by atoms with Gasteiger partial charge in [-0.25, -0.2) is 14.6 Å². The van der Waals surface area contributed by atoms with Crippen molar-refractivity contribution in [3.8, 4) is 0 Å². The summed E-state index contributed by atoms with van der Waals surface area (Å²) in [5.41, 5.74) is 2.21. The van der Waals surface area contributed by atoms with Crippen LogP contribution in [-0.2, 0) is 0 Å². The Morgan fingerprint density at radius 3 is 2.69 bits per heavy atom. The fourth-order valence-corrected chi connectivity index (χ4v) is 1.29. The van der Waals surface area contributed by atoms with E-state index in [-0.39, 0.29) is 16.4 Å². The van der Waals surface area contributed by atoms with Crippen molar-refractivity contribution < 1.29 is 8.78 Å². The van der Waals surface area contributed by atoms with E-state index in [2.05, 4.69) is 10.4 Å². The van der Waals surface area contributed by atoms with Gasteiger partial charge in [-0.15, -0.1) is 0 Å². The summed E-state index contributed by atoms with van der Waals surface area (Å²) in [6.07, 6.45) is 0.781. The zero-order chi connectivity index (χ0) is 12.1. The molecule has 88 valence electrons. The smallest absolute Gasteiger partial charge is 0.145 e. The fourth-order valence-electron chi connectivity index (χ4n) is 1.14. The van der Waals surface area contributed by atoms with Crippen molar-refractivity contribution in [1.82, 2.24) is 5.43 Å². The van der Waals surface area contributed by atoms with Gasteiger partial charge in [0, 0.05) is 6.54 Å². The Kier molecular flexibility index (Phi) is 4.64. The molecule has 0 heterocycles. The van der Waals surface area contributed by atoms with E-state index in [9.17, 15) is 8.78 Å². The molecule has 16 heavy (non-hydrogen) atoms. The molecule has 0 saturated carbocycles. The number of hydrazine groups is 1. The first-order chi connectivity index (χ1) is 7.60. The molecule has 0 radical (unpaired) electrons. The second-order valence-electron chi connectivity index (χ2n) is 3.12. The molecule has 3 N–H and O–H groups in total. The Labute approximate surface area is 97.3 Å². The second-order valence-corrected chi connectivity index (χ2v) is 3.53. The molecular formula is C10H12ClF2N3. The minimum Gasteiger partial charge on any atom is -0.308 e. The maximum absolute atomic E-state index is 13.5. The molecule has 0 unspecified atom stereocenters. The number of hydrogen-bond acceptors (Lipinski definition) is 2. The Morgan fingerprint density at radius 2 is 2.12 bits per heavy atom. The van der Waals surface area contributed by atoms with Gasteiger partial charge in [-0.1, -0.05) is 18.5 Å².